The van der Waals surface area contributed by atoms with Gasteiger partial charge >= 0.3 is 0 Å². The zero-order valence-electron chi connectivity index (χ0n) is 14.7. The van der Waals surface area contributed by atoms with Gasteiger partial charge in [-0.15, -0.1) is 10.2 Å². The average Bonchev–Trinajstić information content (AvgIpc) is 2.96. The second-order valence-electron chi connectivity index (χ2n) is 6.39. The molecular formula is C16H20FN5O3S. The van der Waals surface area contributed by atoms with Gasteiger partial charge in [-0.2, -0.15) is 0 Å². The van der Waals surface area contributed by atoms with E-state index < -0.39 is 15.8 Å². The van der Waals surface area contributed by atoms with Crippen molar-refractivity contribution in [3.63, 3.8) is 0 Å². The molecule has 3 rings (SSSR count). The first kappa shape index (κ1) is 18.5. The molecule has 10 heteroatoms. The summed E-state index contributed by atoms with van der Waals surface area (Å²) >= 11 is 0. The molecule has 0 spiro atoms. The molecule has 0 bridgehead atoms. The molecule has 140 valence electrons. The molecule has 0 radical (unpaired) electrons. The predicted molar refractivity (Wildman–Crippen MR) is 91.2 cm³/mol. The van der Waals surface area contributed by atoms with E-state index in [1.807, 2.05) is 18.4 Å². The Morgan fingerprint density at radius 1 is 1.35 bits per heavy atom. The highest BCUT2D eigenvalue weighted by Crippen LogP contribution is 2.21. The predicted octanol–water partition coefficient (Wildman–Crippen LogP) is 0.916. The number of halogens is 1. The van der Waals surface area contributed by atoms with Crippen LogP contribution in [0.3, 0.4) is 0 Å². The van der Waals surface area contributed by atoms with Crippen molar-refractivity contribution >= 4 is 15.9 Å². The zero-order chi connectivity index (χ0) is 19.1. The summed E-state index contributed by atoms with van der Waals surface area (Å²) < 4.78 is 42.2. The van der Waals surface area contributed by atoms with E-state index in [1.54, 1.807) is 4.90 Å². The van der Waals surface area contributed by atoms with E-state index in [0.717, 1.165) is 11.9 Å². The molecule has 1 amide bonds. The Balaban J connectivity index is 1.68. The quantitative estimate of drug-likeness (QED) is 0.849. The van der Waals surface area contributed by atoms with Gasteiger partial charge in [0, 0.05) is 6.54 Å². The summed E-state index contributed by atoms with van der Waals surface area (Å²) in [5.41, 5.74) is 0.221. The molecule has 8 nitrogen and oxygen atoms in total. The van der Waals surface area contributed by atoms with Crippen LogP contribution in [0.15, 0.2) is 23.1 Å². The van der Waals surface area contributed by atoms with E-state index in [1.165, 1.54) is 19.1 Å². The van der Waals surface area contributed by atoms with Crippen molar-refractivity contribution in [3.05, 3.63) is 41.2 Å². The number of sulfonamides is 1. The van der Waals surface area contributed by atoms with Gasteiger partial charge < -0.3 is 9.47 Å². The number of aryl methyl sites for hydroxylation is 2. The molecule has 0 saturated carbocycles. The number of hydrogen-bond acceptors (Lipinski definition) is 5. The number of carbonyl (C=O) groups is 1. The molecule has 1 aromatic carbocycles. The number of hydrogen-bond donors (Lipinski definition) is 1. The number of carbonyl (C=O) groups excluding carboxylic acids is 1. The Morgan fingerprint density at radius 2 is 2.08 bits per heavy atom. The minimum Gasteiger partial charge on any atom is -0.332 e. The van der Waals surface area contributed by atoms with Gasteiger partial charge in [0.2, 0.25) is 15.9 Å². The minimum atomic E-state index is -3.90. The van der Waals surface area contributed by atoms with Crippen molar-refractivity contribution in [1.29, 1.82) is 0 Å². The number of nitrogens with one attached hydrogen (secondary N) is 1. The Kier molecular flexibility index (Phi) is 4.80. The molecule has 1 aromatic heterocycles. The second kappa shape index (κ2) is 6.76. The van der Waals surface area contributed by atoms with Crippen LogP contribution >= 0.6 is 0 Å². The van der Waals surface area contributed by atoms with Gasteiger partial charge in [0.25, 0.3) is 0 Å². The number of amides is 1. The lowest BCUT2D eigenvalue weighted by atomic mass is 10.2. The minimum absolute atomic E-state index is 0.00838. The summed E-state index contributed by atoms with van der Waals surface area (Å²) in [7, 11) is -3.90. The number of benzene rings is 1. The van der Waals surface area contributed by atoms with Gasteiger partial charge in [-0.1, -0.05) is 0 Å². The Hall–Kier alpha value is -2.33. The number of rotatable bonds is 4. The van der Waals surface area contributed by atoms with Gasteiger partial charge in [0.1, 0.15) is 11.6 Å². The Morgan fingerprint density at radius 3 is 2.77 bits per heavy atom. The maximum Gasteiger partial charge on any atom is 0.241 e. The lowest BCUT2D eigenvalue weighted by Gasteiger charge is -2.32. The van der Waals surface area contributed by atoms with E-state index >= 15 is 0 Å². The summed E-state index contributed by atoms with van der Waals surface area (Å²) in [6, 6.07) is 3.50. The van der Waals surface area contributed by atoms with Crippen molar-refractivity contribution in [2.24, 2.45) is 0 Å². The van der Waals surface area contributed by atoms with Crippen molar-refractivity contribution in [1.82, 2.24) is 24.4 Å². The summed E-state index contributed by atoms with van der Waals surface area (Å²) in [5, 5.41) is 8.07. The molecule has 1 aliphatic heterocycles. The number of fused-ring (bicyclic) bond motifs is 1. The monoisotopic (exact) mass is 381 g/mol. The highest BCUT2D eigenvalue weighted by Gasteiger charge is 2.28. The number of nitrogens with zero attached hydrogens (tertiary/aromatic N) is 4. The summed E-state index contributed by atoms with van der Waals surface area (Å²) in [4.78, 5) is 13.9. The molecule has 2 aromatic rings. The van der Waals surface area contributed by atoms with Crippen LogP contribution in [0.25, 0.3) is 0 Å². The van der Waals surface area contributed by atoms with E-state index in [9.17, 15) is 17.6 Å². The summed E-state index contributed by atoms with van der Waals surface area (Å²) in [6.07, 6.45) is 0. The lowest BCUT2D eigenvalue weighted by molar-refractivity contribution is -0.131. The first-order chi connectivity index (χ1) is 12.2. The third kappa shape index (κ3) is 3.47. The van der Waals surface area contributed by atoms with Gasteiger partial charge in [0.15, 0.2) is 5.82 Å². The van der Waals surface area contributed by atoms with Crippen LogP contribution in [-0.2, 0) is 21.4 Å². The summed E-state index contributed by atoms with van der Waals surface area (Å²) in [5.74, 6) is 0.617. The molecule has 0 aliphatic carbocycles. The molecule has 0 unspecified atom stereocenters. The van der Waals surface area contributed by atoms with Crippen LogP contribution in [-0.4, -0.2) is 47.1 Å². The van der Waals surface area contributed by atoms with E-state index in [-0.39, 0.29) is 35.5 Å². The van der Waals surface area contributed by atoms with E-state index in [0.29, 0.717) is 12.4 Å². The van der Waals surface area contributed by atoms with Gasteiger partial charge in [-0.3, -0.25) is 4.79 Å². The smallest absolute Gasteiger partial charge is 0.241 e. The van der Waals surface area contributed by atoms with Crippen molar-refractivity contribution < 1.29 is 17.6 Å². The Labute approximate surface area is 151 Å². The molecule has 1 atom stereocenters. The zero-order valence-corrected chi connectivity index (χ0v) is 15.5. The standard InChI is InChI=1S/C16H20FN5O3S/c1-10-6-13(4-5-14(10)17)26(24,25)18-7-16(23)21-8-11(2)22-12(3)19-20-15(22)9-21/h4-6,11,18H,7-9H2,1-3H3/t11-/m1/s1. The van der Waals surface area contributed by atoms with Gasteiger partial charge in [0.05, 0.1) is 24.0 Å². The third-order valence-electron chi connectivity index (χ3n) is 4.40. The van der Waals surface area contributed by atoms with Gasteiger partial charge in [-0.05, 0) is 44.5 Å². The normalized spacial score (nSPS) is 17.2. The van der Waals surface area contributed by atoms with Crippen LogP contribution in [0, 0.1) is 19.7 Å². The molecule has 0 saturated heterocycles. The van der Waals surface area contributed by atoms with Crippen LogP contribution in [0.5, 0.6) is 0 Å². The SMILES string of the molecule is Cc1cc(S(=O)(=O)NCC(=O)N2Cc3nnc(C)n3[C@H](C)C2)ccc1F. The van der Waals surface area contributed by atoms with Crippen LogP contribution < -0.4 is 4.72 Å². The van der Waals surface area contributed by atoms with Crippen molar-refractivity contribution in [2.45, 2.75) is 38.3 Å². The molecule has 0 fully saturated rings. The maximum absolute atomic E-state index is 13.3. The third-order valence-corrected chi connectivity index (χ3v) is 5.80. The molecule has 26 heavy (non-hydrogen) atoms. The lowest BCUT2D eigenvalue weighted by Crippen LogP contribution is -2.45. The highest BCUT2D eigenvalue weighted by molar-refractivity contribution is 7.89. The first-order valence-electron chi connectivity index (χ1n) is 8.13. The van der Waals surface area contributed by atoms with E-state index in [2.05, 4.69) is 14.9 Å². The van der Waals surface area contributed by atoms with Crippen LogP contribution in [0.1, 0.15) is 30.2 Å². The maximum atomic E-state index is 13.3. The first-order valence-corrected chi connectivity index (χ1v) is 9.61. The van der Waals surface area contributed by atoms with E-state index in [4.69, 9.17) is 0 Å². The Bertz CT molecular complexity index is 957. The largest absolute Gasteiger partial charge is 0.332 e. The highest BCUT2D eigenvalue weighted by atomic mass is 32.2. The fraction of sp³-hybridized carbons (Fsp3) is 0.438. The van der Waals surface area contributed by atoms with Crippen molar-refractivity contribution in [3.8, 4) is 0 Å². The fourth-order valence-corrected chi connectivity index (χ4v) is 4.12. The summed E-state index contributed by atoms with van der Waals surface area (Å²) in [6.45, 7) is 5.63. The van der Waals surface area contributed by atoms with Crippen LogP contribution in [0.2, 0.25) is 0 Å². The average molecular weight is 381 g/mol. The van der Waals surface area contributed by atoms with Gasteiger partial charge in [-0.25, -0.2) is 17.5 Å². The molecule has 1 N–H and O–H groups in total. The second-order valence-corrected chi connectivity index (χ2v) is 8.16. The molecule has 2 heterocycles. The fourth-order valence-electron chi connectivity index (χ4n) is 3.06. The topological polar surface area (TPSA) is 97.2 Å². The van der Waals surface area contributed by atoms with Crippen molar-refractivity contribution in [2.75, 3.05) is 13.1 Å². The van der Waals surface area contributed by atoms with Crippen LogP contribution in [0.4, 0.5) is 4.39 Å². The molecule has 1 aliphatic rings. The number of aromatic nitrogens is 3. The molecular weight excluding hydrogens is 361 g/mol.